The van der Waals surface area contributed by atoms with Gasteiger partial charge in [0.1, 0.15) is 36.6 Å². The summed E-state index contributed by atoms with van der Waals surface area (Å²) in [6.07, 6.45) is 69.2. The molecule has 1 amide bonds. The van der Waals surface area contributed by atoms with E-state index < -0.39 is 74.2 Å². The number of rotatable bonds is 63. The number of ether oxygens (including phenoxy) is 2. The second-order valence-corrected chi connectivity index (χ2v) is 25.3. The van der Waals surface area contributed by atoms with Gasteiger partial charge < -0.3 is 50.5 Å². The van der Waals surface area contributed by atoms with E-state index in [0.717, 1.165) is 44.9 Å². The van der Waals surface area contributed by atoms with Crippen LogP contribution < -0.4 is 5.32 Å². The van der Waals surface area contributed by atoms with Crippen LogP contribution in [0.25, 0.3) is 0 Å². The minimum absolute atomic E-state index is 0.247. The molecule has 0 aromatic carbocycles. The van der Waals surface area contributed by atoms with Crippen molar-refractivity contribution in [1.82, 2.24) is 5.32 Å². The van der Waals surface area contributed by atoms with Crippen LogP contribution in [-0.2, 0) is 14.3 Å². The van der Waals surface area contributed by atoms with E-state index in [9.17, 15) is 40.5 Å². The molecule has 0 bridgehead atoms. The van der Waals surface area contributed by atoms with E-state index in [1.165, 1.54) is 250 Å². The van der Waals surface area contributed by atoms with Crippen molar-refractivity contribution in [2.75, 3.05) is 13.2 Å². The molecule has 0 radical (unpaired) electrons. The van der Waals surface area contributed by atoms with Crippen molar-refractivity contribution in [1.29, 1.82) is 0 Å². The molecule has 1 aliphatic rings. The summed E-state index contributed by atoms with van der Waals surface area (Å²) >= 11 is 0. The maximum atomic E-state index is 13.2. The lowest BCUT2D eigenvalue weighted by Crippen LogP contribution is -2.60. The molecular formula is C73H137NO10. The summed E-state index contributed by atoms with van der Waals surface area (Å²) < 4.78 is 11.2. The van der Waals surface area contributed by atoms with Gasteiger partial charge in [-0.15, -0.1) is 0 Å². The number of aliphatic hydroxyl groups is 7. The number of amides is 1. The first kappa shape index (κ1) is 80.1. The van der Waals surface area contributed by atoms with Crippen molar-refractivity contribution in [2.45, 2.75) is 396 Å². The Kier molecular flexibility index (Phi) is 58.5. The fourth-order valence-electron chi connectivity index (χ4n) is 11.6. The quantitative estimate of drug-likeness (QED) is 0.0215. The molecule has 84 heavy (non-hydrogen) atoms. The first-order chi connectivity index (χ1) is 41.2. The molecule has 1 saturated heterocycles. The Bertz CT molecular complexity index is 1510. The van der Waals surface area contributed by atoms with Gasteiger partial charge in [-0.05, 0) is 83.5 Å². The summed E-state index contributed by atoms with van der Waals surface area (Å²) in [7, 11) is 0. The van der Waals surface area contributed by atoms with Crippen LogP contribution in [0.15, 0.2) is 48.6 Å². The predicted octanol–water partition coefficient (Wildman–Crippen LogP) is 17.5. The lowest BCUT2D eigenvalue weighted by atomic mass is 9.98. The summed E-state index contributed by atoms with van der Waals surface area (Å²) in [5.41, 5.74) is 0. The standard InChI is InChI=1S/C73H137NO10/c1-3-5-7-9-11-13-15-17-19-21-23-25-26-27-28-29-30-31-32-33-34-35-36-37-38-39-41-43-45-47-49-51-53-55-57-59-61-66(77)72(82)74-64(63-83-73-71(81)70(80)69(79)67(62-75)84-73)68(78)65(76)60-58-56-54-52-50-48-46-44-42-40-24-22-20-18-16-14-12-10-8-6-4-2/h28-29,31-32,44,46,52,54,64-71,73,75-81H,3-27,30,33-43,45,47-51,53,55-63H2,1-2H3,(H,74,82)/b29-28-,32-31-,46-44+,54-52+. The number of nitrogens with one attached hydrogen (secondary N) is 1. The van der Waals surface area contributed by atoms with Gasteiger partial charge >= 0.3 is 0 Å². The average molecular weight is 1190 g/mol. The van der Waals surface area contributed by atoms with Crippen LogP contribution in [0.1, 0.15) is 341 Å². The van der Waals surface area contributed by atoms with Gasteiger partial charge in [0.05, 0.1) is 25.4 Å². The number of carbonyl (C=O) groups excluding carboxylic acids is 1. The molecule has 0 saturated carbocycles. The van der Waals surface area contributed by atoms with Crippen molar-refractivity contribution in [2.24, 2.45) is 0 Å². The van der Waals surface area contributed by atoms with Gasteiger partial charge in [-0.2, -0.15) is 0 Å². The molecule has 1 rings (SSSR count). The Morgan fingerprint density at radius 3 is 1.13 bits per heavy atom. The van der Waals surface area contributed by atoms with Crippen molar-refractivity contribution in [3.05, 3.63) is 48.6 Å². The highest BCUT2D eigenvalue weighted by molar-refractivity contribution is 5.80. The van der Waals surface area contributed by atoms with Crippen LogP contribution >= 0.6 is 0 Å². The number of hydrogen-bond donors (Lipinski definition) is 8. The van der Waals surface area contributed by atoms with Crippen molar-refractivity contribution in [3.63, 3.8) is 0 Å². The van der Waals surface area contributed by atoms with Crippen LogP contribution in [0, 0.1) is 0 Å². The molecule has 9 unspecified atom stereocenters. The monoisotopic (exact) mass is 1190 g/mol. The van der Waals surface area contributed by atoms with E-state index in [1.807, 2.05) is 0 Å². The first-order valence-corrected chi connectivity index (χ1v) is 36.0. The summed E-state index contributed by atoms with van der Waals surface area (Å²) in [5, 5.41) is 76.4. The number of hydrogen-bond acceptors (Lipinski definition) is 10. The van der Waals surface area contributed by atoms with E-state index in [2.05, 4.69) is 67.8 Å². The minimum atomic E-state index is -1.67. The van der Waals surface area contributed by atoms with Gasteiger partial charge in [0.15, 0.2) is 6.29 Å². The third-order valence-corrected chi connectivity index (χ3v) is 17.3. The average Bonchev–Trinajstić information content (AvgIpc) is 3.55. The molecule has 0 aromatic rings. The highest BCUT2D eigenvalue weighted by Gasteiger charge is 2.44. The second kappa shape index (κ2) is 61.3. The topological polar surface area (TPSA) is 189 Å². The zero-order chi connectivity index (χ0) is 61.0. The Balaban J connectivity index is 2.18. The maximum Gasteiger partial charge on any atom is 0.249 e. The highest BCUT2D eigenvalue weighted by atomic mass is 16.7. The van der Waals surface area contributed by atoms with Crippen molar-refractivity contribution >= 4 is 5.91 Å². The van der Waals surface area contributed by atoms with E-state index in [1.54, 1.807) is 0 Å². The largest absolute Gasteiger partial charge is 0.394 e. The molecule has 1 aliphatic heterocycles. The molecule has 494 valence electrons. The van der Waals surface area contributed by atoms with Gasteiger partial charge in [-0.3, -0.25) is 4.79 Å². The molecule has 8 N–H and O–H groups in total. The van der Waals surface area contributed by atoms with Crippen molar-refractivity contribution in [3.8, 4) is 0 Å². The number of allylic oxidation sites excluding steroid dienone is 8. The Hall–Kier alpha value is -1.93. The van der Waals surface area contributed by atoms with E-state index >= 15 is 0 Å². The number of aliphatic hydroxyl groups excluding tert-OH is 7. The zero-order valence-electron chi connectivity index (χ0n) is 54.6. The van der Waals surface area contributed by atoms with E-state index in [0.29, 0.717) is 19.3 Å². The fourth-order valence-corrected chi connectivity index (χ4v) is 11.6. The molecular weight excluding hydrogens is 1050 g/mol. The van der Waals surface area contributed by atoms with Gasteiger partial charge in [0.25, 0.3) is 0 Å². The maximum absolute atomic E-state index is 13.2. The first-order valence-electron chi connectivity index (χ1n) is 36.0. The normalized spacial score (nSPS) is 19.2. The van der Waals surface area contributed by atoms with Gasteiger partial charge in [0, 0.05) is 0 Å². The lowest BCUT2D eigenvalue weighted by Gasteiger charge is -2.40. The van der Waals surface area contributed by atoms with Gasteiger partial charge in [0.2, 0.25) is 5.91 Å². The SMILES string of the molecule is CCCCCCCCCCCCCC/C=C/CC/C=C/CCCC(O)C(O)C(COC1OC(CO)C(O)C(O)C1O)NC(=O)C(O)CCCCCCCCCCCCCCCCCC/C=C\C/C=C\CCCCCCCCCCCCCCC. The summed E-state index contributed by atoms with van der Waals surface area (Å²) in [6.45, 7) is 3.48. The lowest BCUT2D eigenvalue weighted by molar-refractivity contribution is -0.303. The molecule has 1 heterocycles. The van der Waals surface area contributed by atoms with Crippen LogP contribution in [0.2, 0.25) is 0 Å². The molecule has 0 aromatic heterocycles. The molecule has 11 heteroatoms. The molecule has 1 fully saturated rings. The second-order valence-electron chi connectivity index (χ2n) is 25.3. The minimum Gasteiger partial charge on any atom is -0.394 e. The van der Waals surface area contributed by atoms with Crippen LogP contribution in [0.3, 0.4) is 0 Å². The predicted molar refractivity (Wildman–Crippen MR) is 353 cm³/mol. The Labute approximate surface area is 517 Å². The molecule has 0 aliphatic carbocycles. The molecule has 0 spiro atoms. The van der Waals surface area contributed by atoms with Crippen LogP contribution in [0.5, 0.6) is 0 Å². The Morgan fingerprint density at radius 1 is 0.417 bits per heavy atom. The smallest absolute Gasteiger partial charge is 0.249 e. The molecule has 9 atom stereocenters. The summed E-state index contributed by atoms with van der Waals surface area (Å²) in [6, 6.07) is -1.19. The zero-order valence-corrected chi connectivity index (χ0v) is 54.6. The molecule has 11 nitrogen and oxygen atoms in total. The third-order valence-electron chi connectivity index (χ3n) is 17.3. The van der Waals surface area contributed by atoms with Gasteiger partial charge in [-0.25, -0.2) is 0 Å². The fraction of sp³-hybridized carbons (Fsp3) is 0.877. The summed E-state index contributed by atoms with van der Waals surface area (Å²) in [4.78, 5) is 13.2. The van der Waals surface area contributed by atoms with E-state index in [-0.39, 0.29) is 12.8 Å². The number of carbonyl (C=O) groups is 1. The summed E-state index contributed by atoms with van der Waals surface area (Å²) in [5.74, 6) is -0.707. The Morgan fingerprint density at radius 2 is 0.750 bits per heavy atom. The van der Waals surface area contributed by atoms with Crippen molar-refractivity contribution < 1.29 is 50.0 Å². The van der Waals surface area contributed by atoms with E-state index in [4.69, 9.17) is 9.47 Å². The van der Waals surface area contributed by atoms with Gasteiger partial charge in [-0.1, -0.05) is 306 Å². The highest BCUT2D eigenvalue weighted by Crippen LogP contribution is 2.24. The number of unbranched alkanes of at least 4 members (excludes halogenated alkanes) is 43. The third kappa shape index (κ3) is 48.1. The van der Waals surface area contributed by atoms with Crippen LogP contribution in [-0.4, -0.2) is 110 Å². The van der Waals surface area contributed by atoms with Crippen LogP contribution in [0.4, 0.5) is 0 Å².